The molecular formula is C10H10BrF2N. The maximum atomic E-state index is 13.0. The summed E-state index contributed by atoms with van der Waals surface area (Å²) in [6.45, 7) is 1.79. The van der Waals surface area contributed by atoms with Crippen molar-refractivity contribution in [3.63, 3.8) is 0 Å². The summed E-state index contributed by atoms with van der Waals surface area (Å²) >= 11 is 3.28. The highest BCUT2D eigenvalue weighted by atomic mass is 79.9. The third kappa shape index (κ3) is 1.28. The lowest BCUT2D eigenvalue weighted by atomic mass is 10.00. The van der Waals surface area contributed by atoms with Gasteiger partial charge in [-0.05, 0) is 30.2 Å². The zero-order valence-corrected chi connectivity index (χ0v) is 9.24. The highest BCUT2D eigenvalue weighted by Crippen LogP contribution is 2.58. The first-order valence-electron chi connectivity index (χ1n) is 4.30. The van der Waals surface area contributed by atoms with Crippen LogP contribution in [0.2, 0.25) is 0 Å². The lowest BCUT2D eigenvalue weighted by molar-refractivity contribution is 0.0889. The van der Waals surface area contributed by atoms with Crippen molar-refractivity contribution < 1.29 is 8.78 Å². The molecule has 0 aliphatic heterocycles. The maximum absolute atomic E-state index is 13.0. The number of hydrogen-bond acceptors (Lipinski definition) is 1. The van der Waals surface area contributed by atoms with Crippen molar-refractivity contribution in [2.75, 3.05) is 0 Å². The van der Waals surface area contributed by atoms with Gasteiger partial charge in [-0.2, -0.15) is 0 Å². The first-order valence-corrected chi connectivity index (χ1v) is 5.09. The number of aryl methyl sites for hydroxylation is 1. The second-order valence-electron chi connectivity index (χ2n) is 3.81. The molecule has 1 aliphatic carbocycles. The molecule has 1 unspecified atom stereocenters. The predicted octanol–water partition coefficient (Wildman–Crippen LogP) is 2.95. The summed E-state index contributed by atoms with van der Waals surface area (Å²) in [6, 6.07) is 5.21. The van der Waals surface area contributed by atoms with Crippen LogP contribution in [0.3, 0.4) is 0 Å². The molecule has 0 radical (unpaired) electrons. The Morgan fingerprint density at radius 3 is 2.43 bits per heavy atom. The molecule has 1 atom stereocenters. The van der Waals surface area contributed by atoms with E-state index in [1.807, 2.05) is 0 Å². The van der Waals surface area contributed by atoms with Gasteiger partial charge in [-0.3, -0.25) is 0 Å². The first-order chi connectivity index (χ1) is 6.37. The lowest BCUT2D eigenvalue weighted by Gasteiger charge is -2.13. The molecule has 0 bridgehead atoms. The van der Waals surface area contributed by atoms with Crippen LogP contribution in [-0.2, 0) is 5.54 Å². The van der Waals surface area contributed by atoms with E-state index in [4.69, 9.17) is 5.73 Å². The van der Waals surface area contributed by atoms with E-state index in [0.29, 0.717) is 5.56 Å². The molecular weight excluding hydrogens is 252 g/mol. The average molecular weight is 262 g/mol. The van der Waals surface area contributed by atoms with Crippen LogP contribution in [0.4, 0.5) is 8.78 Å². The van der Waals surface area contributed by atoms with Crippen LogP contribution in [0.25, 0.3) is 0 Å². The number of nitrogens with two attached hydrogens (primary N) is 1. The Labute approximate surface area is 89.4 Å². The molecule has 0 heterocycles. The molecule has 1 aromatic carbocycles. The van der Waals surface area contributed by atoms with Crippen LogP contribution in [-0.4, -0.2) is 5.92 Å². The van der Waals surface area contributed by atoms with Crippen molar-refractivity contribution in [1.82, 2.24) is 0 Å². The minimum atomic E-state index is -2.74. The summed E-state index contributed by atoms with van der Waals surface area (Å²) in [5.74, 6) is -2.74. The third-order valence-electron chi connectivity index (χ3n) is 2.70. The molecule has 2 rings (SSSR count). The molecule has 76 valence electrons. The molecule has 0 aromatic heterocycles. The Bertz CT molecular complexity index is 392. The van der Waals surface area contributed by atoms with Gasteiger partial charge < -0.3 is 5.73 Å². The third-order valence-corrected chi connectivity index (χ3v) is 3.19. The van der Waals surface area contributed by atoms with Crippen molar-refractivity contribution in [3.8, 4) is 0 Å². The number of benzene rings is 1. The minimum absolute atomic E-state index is 0.248. The van der Waals surface area contributed by atoms with Crippen molar-refractivity contribution in [2.45, 2.75) is 24.8 Å². The van der Waals surface area contributed by atoms with Crippen LogP contribution < -0.4 is 5.73 Å². The maximum Gasteiger partial charge on any atom is 0.272 e. The fourth-order valence-electron chi connectivity index (χ4n) is 1.73. The van der Waals surface area contributed by atoms with E-state index >= 15 is 0 Å². The van der Waals surface area contributed by atoms with Gasteiger partial charge in [0.2, 0.25) is 0 Å². The van der Waals surface area contributed by atoms with Gasteiger partial charge in [-0.25, -0.2) is 8.78 Å². The van der Waals surface area contributed by atoms with Crippen LogP contribution in [0.15, 0.2) is 22.7 Å². The standard InChI is InChI=1S/C10H10BrF2N/c1-6-4-7(11)2-3-8(6)9(14)5-10(9,12)13/h2-4H,5,14H2,1H3. The van der Waals surface area contributed by atoms with Crippen molar-refractivity contribution in [2.24, 2.45) is 5.73 Å². The van der Waals surface area contributed by atoms with E-state index in [-0.39, 0.29) is 6.42 Å². The Morgan fingerprint density at radius 1 is 1.43 bits per heavy atom. The summed E-state index contributed by atoms with van der Waals surface area (Å²) < 4.78 is 26.9. The molecule has 1 aromatic rings. The van der Waals surface area contributed by atoms with Crippen molar-refractivity contribution >= 4 is 15.9 Å². The number of hydrogen-bond donors (Lipinski definition) is 1. The van der Waals surface area contributed by atoms with Crippen LogP contribution in [0, 0.1) is 6.92 Å². The molecule has 2 N–H and O–H groups in total. The van der Waals surface area contributed by atoms with Crippen LogP contribution in [0.1, 0.15) is 17.5 Å². The SMILES string of the molecule is Cc1cc(Br)ccc1C1(N)CC1(F)F. The van der Waals surface area contributed by atoms with E-state index in [0.717, 1.165) is 10.0 Å². The lowest BCUT2D eigenvalue weighted by Crippen LogP contribution is -2.28. The zero-order chi connectivity index (χ0) is 10.6. The van der Waals surface area contributed by atoms with Crippen LogP contribution >= 0.6 is 15.9 Å². The molecule has 4 heteroatoms. The highest BCUT2D eigenvalue weighted by molar-refractivity contribution is 9.10. The Morgan fingerprint density at radius 2 is 2.00 bits per heavy atom. The summed E-state index contributed by atoms with van der Waals surface area (Å²) in [5.41, 5.74) is 5.55. The van der Waals surface area contributed by atoms with Gasteiger partial charge in [0.25, 0.3) is 5.92 Å². The van der Waals surface area contributed by atoms with E-state index in [9.17, 15) is 8.78 Å². The molecule has 1 nitrogen and oxygen atoms in total. The van der Waals surface area contributed by atoms with Gasteiger partial charge in [0.15, 0.2) is 0 Å². The monoisotopic (exact) mass is 261 g/mol. The predicted molar refractivity (Wildman–Crippen MR) is 54.3 cm³/mol. The summed E-state index contributed by atoms with van der Waals surface area (Å²) in [5, 5.41) is 0. The van der Waals surface area contributed by atoms with Gasteiger partial charge in [-0.1, -0.05) is 22.0 Å². The molecule has 0 amide bonds. The minimum Gasteiger partial charge on any atom is -0.316 e. The van der Waals surface area contributed by atoms with Gasteiger partial charge in [0.05, 0.1) is 0 Å². The fourth-order valence-corrected chi connectivity index (χ4v) is 2.20. The normalized spacial score (nSPS) is 28.9. The largest absolute Gasteiger partial charge is 0.316 e. The zero-order valence-electron chi connectivity index (χ0n) is 7.65. The molecule has 14 heavy (non-hydrogen) atoms. The van der Waals surface area contributed by atoms with E-state index in [2.05, 4.69) is 15.9 Å². The summed E-state index contributed by atoms with van der Waals surface area (Å²) in [4.78, 5) is 0. The topological polar surface area (TPSA) is 26.0 Å². The molecule has 1 aliphatic rings. The van der Waals surface area contributed by atoms with Gasteiger partial charge in [0.1, 0.15) is 5.54 Å². The van der Waals surface area contributed by atoms with Gasteiger partial charge in [0, 0.05) is 10.9 Å². The van der Waals surface area contributed by atoms with Gasteiger partial charge >= 0.3 is 0 Å². The first kappa shape index (κ1) is 10.1. The Balaban J connectivity index is 2.45. The smallest absolute Gasteiger partial charge is 0.272 e. The molecule has 0 spiro atoms. The fraction of sp³-hybridized carbons (Fsp3) is 0.400. The molecule has 1 fully saturated rings. The second kappa shape index (κ2) is 2.76. The Kier molecular flexibility index (Phi) is 1.98. The number of halogens is 3. The van der Waals surface area contributed by atoms with Crippen molar-refractivity contribution in [1.29, 1.82) is 0 Å². The summed E-state index contributed by atoms with van der Waals surface area (Å²) in [7, 11) is 0. The van der Waals surface area contributed by atoms with Crippen LogP contribution in [0.5, 0.6) is 0 Å². The van der Waals surface area contributed by atoms with E-state index < -0.39 is 11.5 Å². The second-order valence-corrected chi connectivity index (χ2v) is 4.73. The van der Waals surface area contributed by atoms with Gasteiger partial charge in [-0.15, -0.1) is 0 Å². The molecule has 1 saturated carbocycles. The Hall–Kier alpha value is -0.480. The highest BCUT2D eigenvalue weighted by Gasteiger charge is 2.70. The number of alkyl halides is 2. The number of rotatable bonds is 1. The quantitative estimate of drug-likeness (QED) is 0.827. The van der Waals surface area contributed by atoms with E-state index in [1.165, 1.54) is 0 Å². The summed E-state index contributed by atoms with van der Waals surface area (Å²) in [6.07, 6.45) is -0.248. The van der Waals surface area contributed by atoms with E-state index in [1.54, 1.807) is 25.1 Å². The molecule has 0 saturated heterocycles. The van der Waals surface area contributed by atoms with Crippen molar-refractivity contribution in [3.05, 3.63) is 33.8 Å². The average Bonchev–Trinajstić information content (AvgIpc) is 2.50.